The number of anilines is 1. The molecule has 37 heavy (non-hydrogen) atoms. The third kappa shape index (κ3) is 13.1. The molecule has 12 heteroatoms. The summed E-state index contributed by atoms with van der Waals surface area (Å²) in [5.41, 5.74) is 7.00. The van der Waals surface area contributed by atoms with Gasteiger partial charge in [-0.2, -0.15) is 0 Å². The first kappa shape index (κ1) is 30.8. The van der Waals surface area contributed by atoms with Crippen molar-refractivity contribution < 1.29 is 33.3 Å². The molecule has 0 saturated carbocycles. The van der Waals surface area contributed by atoms with Crippen molar-refractivity contribution in [2.75, 3.05) is 84.5 Å². The molecular formula is C25H38N4O7S. The van der Waals surface area contributed by atoms with Gasteiger partial charge in [0.15, 0.2) is 5.13 Å². The molecule has 0 atom stereocenters. The van der Waals surface area contributed by atoms with Crippen LogP contribution in [-0.2, 0) is 23.7 Å². The van der Waals surface area contributed by atoms with Crippen molar-refractivity contribution in [2.45, 2.75) is 13.8 Å². The fraction of sp³-hybridized carbons (Fsp3) is 0.560. The number of rotatable bonds is 20. The quantitative estimate of drug-likeness (QED) is 0.215. The number of ether oxygens (including phenoxy) is 5. The summed E-state index contributed by atoms with van der Waals surface area (Å²) in [4.78, 5) is 30.0. The van der Waals surface area contributed by atoms with Crippen LogP contribution in [0.25, 0.3) is 0 Å². The molecule has 0 saturated heterocycles. The second kappa shape index (κ2) is 18.7. The molecule has 11 nitrogen and oxygen atoms in total. The number of benzene rings is 1. The van der Waals surface area contributed by atoms with Crippen molar-refractivity contribution in [1.82, 2.24) is 10.3 Å². The van der Waals surface area contributed by atoms with Crippen molar-refractivity contribution in [1.29, 1.82) is 0 Å². The third-order valence-corrected chi connectivity index (χ3v) is 5.69. The maximum absolute atomic E-state index is 12.5. The van der Waals surface area contributed by atoms with Gasteiger partial charge in [0.2, 0.25) is 0 Å². The molecule has 1 aromatic heterocycles. The number of aryl methyl sites for hydroxylation is 2. The first-order valence-electron chi connectivity index (χ1n) is 12.2. The van der Waals surface area contributed by atoms with Crippen LogP contribution in [0.4, 0.5) is 5.13 Å². The normalized spacial score (nSPS) is 11.0. The minimum atomic E-state index is -0.254. The van der Waals surface area contributed by atoms with E-state index in [0.29, 0.717) is 101 Å². The van der Waals surface area contributed by atoms with E-state index in [-0.39, 0.29) is 11.8 Å². The van der Waals surface area contributed by atoms with Crippen molar-refractivity contribution in [2.24, 2.45) is 5.73 Å². The van der Waals surface area contributed by atoms with E-state index in [9.17, 15) is 9.59 Å². The van der Waals surface area contributed by atoms with Gasteiger partial charge >= 0.3 is 0 Å². The summed E-state index contributed by atoms with van der Waals surface area (Å²) < 4.78 is 26.9. The summed E-state index contributed by atoms with van der Waals surface area (Å²) in [5.74, 6) is -0.482. The van der Waals surface area contributed by atoms with Crippen molar-refractivity contribution >= 4 is 28.3 Å². The molecule has 206 valence electrons. The highest BCUT2D eigenvalue weighted by Crippen LogP contribution is 2.19. The van der Waals surface area contributed by atoms with Crippen LogP contribution in [0, 0.1) is 13.8 Å². The number of aromatic nitrogens is 1. The van der Waals surface area contributed by atoms with Gasteiger partial charge in [-0.3, -0.25) is 14.9 Å². The Balaban J connectivity index is 1.47. The number of amides is 2. The molecule has 2 aromatic rings. The number of nitrogens with one attached hydrogen (secondary N) is 2. The second-order valence-corrected chi connectivity index (χ2v) is 9.10. The lowest BCUT2D eigenvalue weighted by Crippen LogP contribution is -2.28. The lowest BCUT2D eigenvalue weighted by Gasteiger charge is -2.10. The van der Waals surface area contributed by atoms with Gasteiger partial charge in [0.1, 0.15) is 0 Å². The fourth-order valence-corrected chi connectivity index (χ4v) is 3.70. The van der Waals surface area contributed by atoms with Crippen LogP contribution in [-0.4, -0.2) is 96.0 Å². The van der Waals surface area contributed by atoms with Gasteiger partial charge in [0.25, 0.3) is 11.8 Å². The molecule has 0 radical (unpaired) electrons. The Kier molecular flexibility index (Phi) is 15.6. The molecule has 0 fully saturated rings. The summed E-state index contributed by atoms with van der Waals surface area (Å²) in [6.07, 6.45) is 1.70. The Labute approximate surface area is 222 Å². The Morgan fingerprint density at radius 1 is 0.838 bits per heavy atom. The monoisotopic (exact) mass is 538 g/mol. The molecule has 1 heterocycles. The molecule has 0 bridgehead atoms. The summed E-state index contributed by atoms with van der Waals surface area (Å²) in [5, 5.41) is 6.13. The van der Waals surface area contributed by atoms with Gasteiger partial charge in [-0.1, -0.05) is 0 Å². The first-order chi connectivity index (χ1) is 18.0. The minimum Gasteiger partial charge on any atom is -0.378 e. The van der Waals surface area contributed by atoms with E-state index in [2.05, 4.69) is 15.6 Å². The maximum atomic E-state index is 12.5. The van der Waals surface area contributed by atoms with Crippen molar-refractivity contribution in [3.05, 3.63) is 46.0 Å². The molecule has 2 rings (SSSR count). The Hall–Kier alpha value is -2.45. The highest BCUT2D eigenvalue weighted by molar-refractivity contribution is 7.15. The second-order valence-electron chi connectivity index (χ2n) is 7.87. The van der Waals surface area contributed by atoms with Crippen LogP contribution in [0.3, 0.4) is 0 Å². The predicted molar refractivity (Wildman–Crippen MR) is 141 cm³/mol. The summed E-state index contributed by atoms with van der Waals surface area (Å²) in [6.45, 7) is 9.37. The Bertz CT molecular complexity index is 942. The molecule has 4 N–H and O–H groups in total. The molecule has 0 spiro atoms. The standard InChI is InChI=1S/C25H38N4O7S/c1-19-17-21(3-4-22(19)24(31)29-25-28-18-20(2)37-25)23(30)27-6-8-33-10-12-35-14-16-36-15-13-34-11-9-32-7-5-26/h3-4,17-18H,5-16,26H2,1-2H3,(H,27,30)(H,28,29,31). The highest BCUT2D eigenvalue weighted by atomic mass is 32.1. The SMILES string of the molecule is Cc1cnc(NC(=O)c2ccc(C(=O)NCCOCCOCCOCCOCCOCCN)cc2C)s1. The number of carbonyl (C=O) groups excluding carboxylic acids is 2. The Morgan fingerprint density at radius 3 is 1.92 bits per heavy atom. The predicted octanol–water partition coefficient (Wildman–Crippen LogP) is 1.78. The van der Waals surface area contributed by atoms with E-state index in [1.54, 1.807) is 31.3 Å². The van der Waals surface area contributed by atoms with E-state index in [1.165, 1.54) is 11.3 Å². The number of nitrogens with zero attached hydrogens (tertiary/aromatic N) is 1. The molecule has 0 aliphatic rings. The average Bonchev–Trinajstić information content (AvgIpc) is 3.29. The smallest absolute Gasteiger partial charge is 0.257 e. The molecule has 2 amide bonds. The zero-order valence-electron chi connectivity index (χ0n) is 21.6. The van der Waals surface area contributed by atoms with E-state index in [0.717, 1.165) is 4.88 Å². The lowest BCUT2D eigenvalue weighted by atomic mass is 10.0. The largest absolute Gasteiger partial charge is 0.378 e. The molecular weight excluding hydrogens is 500 g/mol. The van der Waals surface area contributed by atoms with Gasteiger partial charge < -0.3 is 34.7 Å². The zero-order valence-corrected chi connectivity index (χ0v) is 22.4. The van der Waals surface area contributed by atoms with E-state index in [4.69, 9.17) is 29.4 Å². The molecule has 1 aromatic carbocycles. The number of carbonyl (C=O) groups is 2. The summed E-state index contributed by atoms with van der Waals surface area (Å²) in [6, 6.07) is 4.97. The Morgan fingerprint density at radius 2 is 1.41 bits per heavy atom. The topological polar surface area (TPSA) is 143 Å². The van der Waals surface area contributed by atoms with Gasteiger partial charge in [0.05, 0.1) is 66.1 Å². The highest BCUT2D eigenvalue weighted by Gasteiger charge is 2.14. The lowest BCUT2D eigenvalue weighted by molar-refractivity contribution is -0.0102. The van der Waals surface area contributed by atoms with E-state index in [1.807, 2.05) is 6.92 Å². The number of hydrogen-bond donors (Lipinski definition) is 3. The number of thiazole rings is 1. The molecule has 0 aliphatic heterocycles. The number of hydrogen-bond acceptors (Lipinski definition) is 10. The summed E-state index contributed by atoms with van der Waals surface area (Å²) >= 11 is 1.41. The van der Waals surface area contributed by atoms with Crippen LogP contribution < -0.4 is 16.4 Å². The first-order valence-corrected chi connectivity index (χ1v) is 13.0. The van der Waals surface area contributed by atoms with Crippen molar-refractivity contribution in [3.8, 4) is 0 Å². The average molecular weight is 539 g/mol. The molecule has 0 aliphatic carbocycles. The fourth-order valence-electron chi connectivity index (χ4n) is 3.04. The van der Waals surface area contributed by atoms with Crippen LogP contribution >= 0.6 is 11.3 Å². The minimum absolute atomic E-state index is 0.227. The number of nitrogens with two attached hydrogens (primary N) is 1. The zero-order chi connectivity index (χ0) is 26.7. The van der Waals surface area contributed by atoms with Crippen LogP contribution in [0.5, 0.6) is 0 Å². The van der Waals surface area contributed by atoms with Gasteiger partial charge in [-0.15, -0.1) is 11.3 Å². The van der Waals surface area contributed by atoms with E-state index < -0.39 is 0 Å². The van der Waals surface area contributed by atoms with Crippen molar-refractivity contribution in [3.63, 3.8) is 0 Å². The van der Waals surface area contributed by atoms with E-state index >= 15 is 0 Å². The van der Waals surface area contributed by atoms with Gasteiger partial charge in [-0.05, 0) is 37.6 Å². The third-order valence-electron chi connectivity index (χ3n) is 4.86. The summed E-state index contributed by atoms with van der Waals surface area (Å²) in [7, 11) is 0. The van der Waals surface area contributed by atoms with Gasteiger partial charge in [-0.25, -0.2) is 4.98 Å². The maximum Gasteiger partial charge on any atom is 0.257 e. The molecule has 0 unspecified atom stereocenters. The van der Waals surface area contributed by atoms with Crippen LogP contribution in [0.15, 0.2) is 24.4 Å². The van der Waals surface area contributed by atoms with Crippen LogP contribution in [0.1, 0.15) is 31.2 Å². The van der Waals surface area contributed by atoms with Gasteiger partial charge in [0, 0.05) is 35.3 Å². The van der Waals surface area contributed by atoms with Crippen LogP contribution in [0.2, 0.25) is 0 Å².